The van der Waals surface area contributed by atoms with Gasteiger partial charge >= 0.3 is 0 Å². The fourth-order valence-corrected chi connectivity index (χ4v) is 2.45. The first-order valence-corrected chi connectivity index (χ1v) is 8.55. The van der Waals surface area contributed by atoms with Crippen molar-refractivity contribution in [2.75, 3.05) is 34.4 Å². The Morgan fingerprint density at radius 1 is 1.00 bits per heavy atom. The third-order valence-electron chi connectivity index (χ3n) is 3.84. The Bertz CT molecular complexity index is 679. The molecule has 6 nitrogen and oxygen atoms in total. The van der Waals surface area contributed by atoms with Crippen LogP contribution in [0.4, 0.5) is 0 Å². The van der Waals surface area contributed by atoms with Gasteiger partial charge in [-0.25, -0.2) is 0 Å². The highest BCUT2D eigenvalue weighted by molar-refractivity contribution is 5.95. The minimum absolute atomic E-state index is 0.174. The Balaban J connectivity index is 2.14. The van der Waals surface area contributed by atoms with E-state index in [9.17, 15) is 4.79 Å². The molecule has 0 bridgehead atoms. The molecule has 0 saturated carbocycles. The molecule has 0 fully saturated rings. The smallest absolute Gasteiger partial charge is 0.251 e. The molecule has 0 unspecified atom stereocenters. The maximum atomic E-state index is 12.4. The second kappa shape index (κ2) is 10.3. The number of carbonyl (C=O) groups excluding carboxylic acids is 1. The Morgan fingerprint density at radius 3 is 2.23 bits per heavy atom. The number of rotatable bonds is 10. The van der Waals surface area contributed by atoms with Crippen LogP contribution in [0.1, 0.15) is 22.3 Å². The Kier molecular flexibility index (Phi) is 7.76. The molecular weight excluding hydrogens is 332 g/mol. The van der Waals surface area contributed by atoms with E-state index in [-0.39, 0.29) is 5.91 Å². The molecule has 1 amide bonds. The van der Waals surface area contributed by atoms with Gasteiger partial charge in [-0.05, 0) is 37.7 Å². The normalized spacial score (nSPS) is 10.3. The van der Waals surface area contributed by atoms with Gasteiger partial charge in [0.25, 0.3) is 5.91 Å². The third-order valence-corrected chi connectivity index (χ3v) is 3.84. The van der Waals surface area contributed by atoms with Crippen LogP contribution in [0.3, 0.4) is 0 Å². The van der Waals surface area contributed by atoms with Crippen LogP contribution in [0.2, 0.25) is 0 Å². The molecule has 2 aromatic carbocycles. The van der Waals surface area contributed by atoms with Gasteiger partial charge in [0, 0.05) is 12.1 Å². The van der Waals surface area contributed by atoms with Crippen molar-refractivity contribution in [3.8, 4) is 17.2 Å². The van der Waals surface area contributed by atoms with Crippen molar-refractivity contribution >= 4 is 5.91 Å². The zero-order chi connectivity index (χ0) is 18.8. The summed E-state index contributed by atoms with van der Waals surface area (Å²) in [4.78, 5) is 12.4. The second-order valence-corrected chi connectivity index (χ2v) is 5.70. The van der Waals surface area contributed by atoms with E-state index in [4.69, 9.17) is 14.2 Å². The van der Waals surface area contributed by atoms with Crippen molar-refractivity contribution in [2.24, 2.45) is 0 Å². The van der Waals surface area contributed by atoms with Crippen molar-refractivity contribution in [1.82, 2.24) is 10.6 Å². The van der Waals surface area contributed by atoms with Gasteiger partial charge in [-0.1, -0.05) is 30.3 Å². The predicted molar refractivity (Wildman–Crippen MR) is 101 cm³/mol. The first-order valence-electron chi connectivity index (χ1n) is 8.55. The minimum Gasteiger partial charge on any atom is -0.493 e. The maximum absolute atomic E-state index is 12.4. The second-order valence-electron chi connectivity index (χ2n) is 5.70. The number of carbonyl (C=O) groups is 1. The van der Waals surface area contributed by atoms with E-state index in [1.165, 1.54) is 0 Å². The average molecular weight is 358 g/mol. The molecule has 0 aliphatic rings. The molecule has 2 aromatic rings. The lowest BCUT2D eigenvalue weighted by Crippen LogP contribution is -2.26. The van der Waals surface area contributed by atoms with Gasteiger partial charge in [0.2, 0.25) is 5.75 Å². The van der Waals surface area contributed by atoms with E-state index >= 15 is 0 Å². The van der Waals surface area contributed by atoms with Gasteiger partial charge in [0.1, 0.15) is 6.61 Å². The number of nitrogens with one attached hydrogen (secondary N) is 2. The largest absolute Gasteiger partial charge is 0.493 e. The monoisotopic (exact) mass is 358 g/mol. The summed E-state index contributed by atoms with van der Waals surface area (Å²) in [5.41, 5.74) is 1.50. The molecule has 140 valence electrons. The SMILES string of the molecule is CNCCCNC(=O)c1cc(OC)c(OCc2ccccc2)c(OC)c1. The van der Waals surface area contributed by atoms with Crippen LogP contribution in [0.5, 0.6) is 17.2 Å². The Labute approximate surface area is 154 Å². The van der Waals surface area contributed by atoms with E-state index in [1.54, 1.807) is 26.4 Å². The number of ether oxygens (including phenoxy) is 3. The highest BCUT2D eigenvalue weighted by Crippen LogP contribution is 2.39. The maximum Gasteiger partial charge on any atom is 0.251 e. The predicted octanol–water partition coefficient (Wildman–Crippen LogP) is 2.62. The number of amides is 1. The Hall–Kier alpha value is -2.73. The quantitative estimate of drug-likeness (QED) is 0.639. The van der Waals surface area contributed by atoms with Crippen LogP contribution in [0.15, 0.2) is 42.5 Å². The number of methoxy groups -OCH3 is 2. The van der Waals surface area contributed by atoms with Crippen LogP contribution < -0.4 is 24.8 Å². The lowest BCUT2D eigenvalue weighted by Gasteiger charge is -2.16. The van der Waals surface area contributed by atoms with E-state index in [0.29, 0.717) is 36.0 Å². The van der Waals surface area contributed by atoms with E-state index < -0.39 is 0 Å². The molecule has 0 aliphatic carbocycles. The summed E-state index contributed by atoms with van der Waals surface area (Å²) in [7, 11) is 4.96. The lowest BCUT2D eigenvalue weighted by atomic mass is 10.1. The van der Waals surface area contributed by atoms with Crippen molar-refractivity contribution in [1.29, 1.82) is 0 Å². The molecule has 0 heterocycles. The van der Waals surface area contributed by atoms with Gasteiger partial charge in [-0.3, -0.25) is 4.79 Å². The fraction of sp³-hybridized carbons (Fsp3) is 0.350. The number of hydrogen-bond acceptors (Lipinski definition) is 5. The zero-order valence-electron chi connectivity index (χ0n) is 15.5. The van der Waals surface area contributed by atoms with Crippen molar-refractivity contribution in [2.45, 2.75) is 13.0 Å². The molecule has 2 N–H and O–H groups in total. The first kappa shape index (κ1) is 19.6. The highest BCUT2D eigenvalue weighted by atomic mass is 16.5. The van der Waals surface area contributed by atoms with Gasteiger partial charge in [-0.2, -0.15) is 0 Å². The van der Waals surface area contributed by atoms with Crippen molar-refractivity contribution < 1.29 is 19.0 Å². The van der Waals surface area contributed by atoms with E-state index in [0.717, 1.165) is 18.5 Å². The number of hydrogen-bond donors (Lipinski definition) is 2. The van der Waals surface area contributed by atoms with Gasteiger partial charge in [0.05, 0.1) is 14.2 Å². The summed E-state index contributed by atoms with van der Waals surface area (Å²) < 4.78 is 16.7. The molecule has 6 heteroatoms. The minimum atomic E-state index is -0.174. The summed E-state index contributed by atoms with van der Waals surface area (Å²) >= 11 is 0. The molecule has 2 rings (SSSR count). The van der Waals surface area contributed by atoms with Gasteiger partial charge < -0.3 is 24.8 Å². The van der Waals surface area contributed by atoms with Crippen LogP contribution in [-0.4, -0.2) is 40.3 Å². The molecular formula is C20H26N2O4. The van der Waals surface area contributed by atoms with Crippen LogP contribution in [0, 0.1) is 0 Å². The fourth-order valence-electron chi connectivity index (χ4n) is 2.45. The highest BCUT2D eigenvalue weighted by Gasteiger charge is 2.17. The first-order chi connectivity index (χ1) is 12.7. The number of benzene rings is 2. The molecule has 0 spiro atoms. The summed E-state index contributed by atoms with van der Waals surface area (Å²) in [5, 5.41) is 5.93. The molecule has 26 heavy (non-hydrogen) atoms. The van der Waals surface area contributed by atoms with Crippen LogP contribution in [-0.2, 0) is 6.61 Å². The molecule has 0 radical (unpaired) electrons. The summed E-state index contributed by atoms with van der Waals surface area (Å²) in [6, 6.07) is 13.1. The standard InChI is InChI=1S/C20H26N2O4/c1-21-10-7-11-22-20(23)16-12-17(24-2)19(18(13-16)25-3)26-14-15-8-5-4-6-9-15/h4-6,8-9,12-13,21H,7,10-11,14H2,1-3H3,(H,22,23). The van der Waals surface area contributed by atoms with Gasteiger partial charge in [-0.15, -0.1) is 0 Å². The molecule has 0 aliphatic heterocycles. The molecule has 0 saturated heterocycles. The zero-order valence-corrected chi connectivity index (χ0v) is 15.5. The topological polar surface area (TPSA) is 68.8 Å². The van der Waals surface area contributed by atoms with Crippen LogP contribution >= 0.6 is 0 Å². The molecule has 0 aromatic heterocycles. The van der Waals surface area contributed by atoms with Crippen LogP contribution in [0.25, 0.3) is 0 Å². The van der Waals surface area contributed by atoms with E-state index in [2.05, 4.69) is 10.6 Å². The van der Waals surface area contributed by atoms with E-state index in [1.807, 2.05) is 37.4 Å². The third kappa shape index (κ3) is 5.39. The summed E-state index contributed by atoms with van der Waals surface area (Å²) in [6.45, 7) is 1.82. The van der Waals surface area contributed by atoms with Crippen molar-refractivity contribution in [3.63, 3.8) is 0 Å². The van der Waals surface area contributed by atoms with Crippen molar-refractivity contribution in [3.05, 3.63) is 53.6 Å². The van der Waals surface area contributed by atoms with Gasteiger partial charge in [0.15, 0.2) is 11.5 Å². The lowest BCUT2D eigenvalue weighted by molar-refractivity contribution is 0.0952. The average Bonchev–Trinajstić information content (AvgIpc) is 2.69. The summed E-state index contributed by atoms with van der Waals surface area (Å²) in [6.07, 6.45) is 0.856. The summed E-state index contributed by atoms with van der Waals surface area (Å²) in [5.74, 6) is 1.22. The molecule has 0 atom stereocenters. The Morgan fingerprint density at radius 2 is 1.65 bits per heavy atom.